The van der Waals surface area contributed by atoms with Crippen LogP contribution in [-0.4, -0.2) is 21.5 Å². The fraction of sp³-hybridized carbons (Fsp3) is 0.231. The lowest BCUT2D eigenvalue weighted by Gasteiger charge is -2.14. The van der Waals surface area contributed by atoms with Crippen LogP contribution in [0.3, 0.4) is 0 Å². The average molecular weight is 229 g/mol. The van der Waals surface area contributed by atoms with E-state index in [2.05, 4.69) is 10.3 Å². The van der Waals surface area contributed by atoms with Gasteiger partial charge in [0.25, 0.3) is 5.91 Å². The molecule has 1 amide bonds. The third-order valence-corrected chi connectivity index (χ3v) is 2.46. The van der Waals surface area contributed by atoms with Crippen LogP contribution < -0.4 is 5.32 Å². The number of rotatable bonds is 4. The number of nitrogens with one attached hydrogen (secondary N) is 1. The molecule has 88 valence electrons. The Morgan fingerprint density at radius 2 is 2.18 bits per heavy atom. The molecule has 1 atom stereocenters. The molecule has 2 rings (SSSR count). The molecule has 0 aliphatic carbocycles. The molecule has 0 radical (unpaired) electrons. The van der Waals surface area contributed by atoms with Crippen molar-refractivity contribution in [2.75, 3.05) is 0 Å². The lowest BCUT2D eigenvalue weighted by atomic mass is 10.2. The first-order valence-corrected chi connectivity index (χ1v) is 5.57. The van der Waals surface area contributed by atoms with Gasteiger partial charge in [0.05, 0.1) is 6.33 Å². The first-order chi connectivity index (χ1) is 8.25. The molecule has 0 spiro atoms. The summed E-state index contributed by atoms with van der Waals surface area (Å²) in [4.78, 5) is 15.8. The predicted octanol–water partition coefficient (Wildman–Crippen LogP) is 1.70. The van der Waals surface area contributed by atoms with Crippen molar-refractivity contribution in [1.82, 2.24) is 14.9 Å². The average Bonchev–Trinajstić information content (AvgIpc) is 2.82. The molecule has 0 saturated heterocycles. The Morgan fingerprint density at radius 1 is 1.41 bits per heavy atom. The maximum Gasteiger partial charge on any atom is 0.251 e. The van der Waals surface area contributed by atoms with Crippen LogP contribution in [0.2, 0.25) is 0 Å². The summed E-state index contributed by atoms with van der Waals surface area (Å²) in [6.07, 6.45) is 5.35. The summed E-state index contributed by atoms with van der Waals surface area (Å²) in [6.45, 7) is 2.69. The summed E-state index contributed by atoms with van der Waals surface area (Å²) >= 11 is 0. The summed E-state index contributed by atoms with van der Waals surface area (Å²) in [7, 11) is 0. The van der Waals surface area contributed by atoms with Crippen LogP contribution in [0.25, 0.3) is 0 Å². The summed E-state index contributed by atoms with van der Waals surface area (Å²) in [5.74, 6) is -0.0433. The zero-order chi connectivity index (χ0) is 12.1. The largest absolute Gasteiger partial charge is 0.348 e. The van der Waals surface area contributed by atoms with Crippen LogP contribution in [0.15, 0.2) is 49.1 Å². The van der Waals surface area contributed by atoms with Crippen LogP contribution >= 0.6 is 0 Å². The maximum absolute atomic E-state index is 11.8. The van der Waals surface area contributed by atoms with Crippen LogP contribution in [0.1, 0.15) is 17.3 Å². The van der Waals surface area contributed by atoms with E-state index in [1.165, 1.54) is 0 Å². The quantitative estimate of drug-likeness (QED) is 0.867. The van der Waals surface area contributed by atoms with E-state index in [0.29, 0.717) is 5.56 Å². The molecular weight excluding hydrogens is 214 g/mol. The minimum atomic E-state index is -0.0433. The predicted molar refractivity (Wildman–Crippen MR) is 65.6 cm³/mol. The second-order valence-corrected chi connectivity index (χ2v) is 4.00. The van der Waals surface area contributed by atoms with Gasteiger partial charge in [-0.25, -0.2) is 4.98 Å². The Kier molecular flexibility index (Phi) is 3.55. The lowest BCUT2D eigenvalue weighted by Crippen LogP contribution is -2.35. The zero-order valence-corrected chi connectivity index (χ0v) is 9.71. The molecule has 0 fully saturated rings. The van der Waals surface area contributed by atoms with Crippen molar-refractivity contribution in [3.8, 4) is 0 Å². The molecular formula is C13H15N3O. The fourth-order valence-electron chi connectivity index (χ4n) is 1.65. The number of aromatic nitrogens is 2. The van der Waals surface area contributed by atoms with E-state index in [1.54, 1.807) is 24.7 Å². The summed E-state index contributed by atoms with van der Waals surface area (Å²) in [6, 6.07) is 9.28. The Hall–Kier alpha value is -2.10. The Balaban J connectivity index is 1.91. The minimum absolute atomic E-state index is 0.0433. The molecule has 0 saturated carbocycles. The molecule has 0 aliphatic heterocycles. The number of carbonyl (C=O) groups is 1. The number of hydrogen-bond acceptors (Lipinski definition) is 2. The highest BCUT2D eigenvalue weighted by molar-refractivity contribution is 5.94. The number of imidazole rings is 1. The molecule has 0 aliphatic rings. The number of hydrogen-bond donors (Lipinski definition) is 1. The molecule has 4 nitrogen and oxygen atoms in total. The Morgan fingerprint density at radius 3 is 2.82 bits per heavy atom. The fourth-order valence-corrected chi connectivity index (χ4v) is 1.65. The van der Waals surface area contributed by atoms with Crippen molar-refractivity contribution in [3.63, 3.8) is 0 Å². The molecule has 0 bridgehead atoms. The van der Waals surface area contributed by atoms with E-state index in [9.17, 15) is 4.79 Å². The standard InChI is InChI=1S/C13H15N3O/c1-11(9-16-8-7-14-10-16)15-13(17)12-5-3-2-4-6-12/h2-8,10-11H,9H2,1H3,(H,15,17). The molecule has 1 N–H and O–H groups in total. The van der Waals surface area contributed by atoms with Gasteiger partial charge >= 0.3 is 0 Å². The molecule has 1 aromatic carbocycles. The van der Waals surface area contributed by atoms with Gasteiger partial charge in [0.1, 0.15) is 0 Å². The van der Waals surface area contributed by atoms with E-state index < -0.39 is 0 Å². The van der Waals surface area contributed by atoms with Crippen LogP contribution in [0.4, 0.5) is 0 Å². The molecule has 1 aromatic heterocycles. The summed E-state index contributed by atoms with van der Waals surface area (Å²) in [5, 5.41) is 2.95. The molecule has 1 heterocycles. The highest BCUT2D eigenvalue weighted by Gasteiger charge is 2.09. The smallest absolute Gasteiger partial charge is 0.251 e. The van der Waals surface area contributed by atoms with Crippen molar-refractivity contribution in [1.29, 1.82) is 0 Å². The normalized spacial score (nSPS) is 12.1. The van der Waals surface area contributed by atoms with Gasteiger partial charge in [-0.1, -0.05) is 18.2 Å². The number of amides is 1. The molecule has 1 unspecified atom stereocenters. The Bertz CT molecular complexity index is 465. The Labute approximate surface area is 100 Å². The van der Waals surface area contributed by atoms with Crippen LogP contribution in [0, 0.1) is 0 Å². The van der Waals surface area contributed by atoms with E-state index in [4.69, 9.17) is 0 Å². The van der Waals surface area contributed by atoms with Crippen LogP contribution in [0.5, 0.6) is 0 Å². The van der Waals surface area contributed by atoms with Crippen LogP contribution in [-0.2, 0) is 6.54 Å². The second kappa shape index (κ2) is 5.30. The highest BCUT2D eigenvalue weighted by Crippen LogP contribution is 1.99. The van der Waals surface area contributed by atoms with Gasteiger partial charge in [0.2, 0.25) is 0 Å². The van der Waals surface area contributed by atoms with E-state index in [1.807, 2.05) is 35.9 Å². The van der Waals surface area contributed by atoms with Crippen molar-refractivity contribution >= 4 is 5.91 Å². The highest BCUT2D eigenvalue weighted by atomic mass is 16.1. The van der Waals surface area contributed by atoms with Crippen molar-refractivity contribution in [2.45, 2.75) is 19.5 Å². The van der Waals surface area contributed by atoms with Gasteiger partial charge in [0.15, 0.2) is 0 Å². The zero-order valence-electron chi connectivity index (χ0n) is 9.71. The van der Waals surface area contributed by atoms with Gasteiger partial charge in [-0.15, -0.1) is 0 Å². The second-order valence-electron chi connectivity index (χ2n) is 4.00. The topological polar surface area (TPSA) is 46.9 Å². The van der Waals surface area contributed by atoms with Gasteiger partial charge in [-0.3, -0.25) is 4.79 Å². The van der Waals surface area contributed by atoms with Gasteiger partial charge in [0, 0.05) is 30.5 Å². The first kappa shape index (κ1) is 11.4. The van der Waals surface area contributed by atoms with Gasteiger partial charge < -0.3 is 9.88 Å². The summed E-state index contributed by atoms with van der Waals surface area (Å²) in [5.41, 5.74) is 0.685. The van der Waals surface area contributed by atoms with Gasteiger partial charge in [-0.05, 0) is 19.1 Å². The third kappa shape index (κ3) is 3.17. The number of benzene rings is 1. The van der Waals surface area contributed by atoms with Crippen molar-refractivity contribution in [3.05, 3.63) is 54.6 Å². The number of carbonyl (C=O) groups excluding carboxylic acids is 1. The first-order valence-electron chi connectivity index (χ1n) is 5.57. The summed E-state index contributed by atoms with van der Waals surface area (Å²) < 4.78 is 1.94. The minimum Gasteiger partial charge on any atom is -0.348 e. The monoisotopic (exact) mass is 229 g/mol. The molecule has 4 heteroatoms. The van der Waals surface area contributed by atoms with E-state index in [0.717, 1.165) is 6.54 Å². The van der Waals surface area contributed by atoms with E-state index in [-0.39, 0.29) is 11.9 Å². The van der Waals surface area contributed by atoms with Gasteiger partial charge in [-0.2, -0.15) is 0 Å². The third-order valence-electron chi connectivity index (χ3n) is 2.46. The van der Waals surface area contributed by atoms with Crippen molar-refractivity contribution in [2.24, 2.45) is 0 Å². The number of nitrogens with zero attached hydrogens (tertiary/aromatic N) is 2. The maximum atomic E-state index is 11.8. The lowest BCUT2D eigenvalue weighted by molar-refractivity contribution is 0.0936. The molecule has 17 heavy (non-hydrogen) atoms. The van der Waals surface area contributed by atoms with Crippen molar-refractivity contribution < 1.29 is 4.79 Å². The SMILES string of the molecule is CC(Cn1ccnc1)NC(=O)c1ccccc1. The molecule has 2 aromatic rings. The van der Waals surface area contributed by atoms with E-state index >= 15 is 0 Å².